The number of hydrogen-bond acceptors (Lipinski definition) is 6. The fourth-order valence-electron chi connectivity index (χ4n) is 3.53. The SMILES string of the molecule is COc1cccc2c1OC(CN)CO2.COc1ccccc1N1CCC(C)CC1. The van der Waals surface area contributed by atoms with Crippen molar-refractivity contribution in [3.8, 4) is 23.0 Å². The van der Waals surface area contributed by atoms with Gasteiger partial charge in [0.2, 0.25) is 5.75 Å². The highest BCUT2D eigenvalue weighted by molar-refractivity contribution is 5.58. The number of hydrogen-bond donors (Lipinski definition) is 1. The summed E-state index contributed by atoms with van der Waals surface area (Å²) >= 11 is 0. The molecule has 1 unspecified atom stereocenters. The Morgan fingerprint density at radius 1 is 1.00 bits per heavy atom. The van der Waals surface area contributed by atoms with Crippen molar-refractivity contribution in [2.75, 3.05) is 45.4 Å². The minimum Gasteiger partial charge on any atom is -0.495 e. The van der Waals surface area contributed by atoms with E-state index >= 15 is 0 Å². The summed E-state index contributed by atoms with van der Waals surface area (Å²) in [6.45, 7) is 5.58. The van der Waals surface area contributed by atoms with Crippen molar-refractivity contribution in [3.63, 3.8) is 0 Å². The van der Waals surface area contributed by atoms with Crippen LogP contribution in [0.5, 0.6) is 23.0 Å². The molecule has 1 atom stereocenters. The van der Waals surface area contributed by atoms with Gasteiger partial charge in [0.25, 0.3) is 0 Å². The van der Waals surface area contributed by atoms with Gasteiger partial charge in [-0.3, -0.25) is 0 Å². The van der Waals surface area contributed by atoms with Crippen molar-refractivity contribution in [1.29, 1.82) is 0 Å². The van der Waals surface area contributed by atoms with Crippen LogP contribution in [0, 0.1) is 5.92 Å². The Kier molecular flexibility index (Phi) is 7.47. The molecular formula is C23H32N2O4. The Labute approximate surface area is 173 Å². The number of nitrogens with zero attached hydrogens (tertiary/aromatic N) is 1. The number of piperidine rings is 1. The van der Waals surface area contributed by atoms with E-state index < -0.39 is 0 Å². The molecule has 2 N–H and O–H groups in total. The molecule has 0 bridgehead atoms. The molecule has 158 valence electrons. The van der Waals surface area contributed by atoms with Crippen LogP contribution in [-0.4, -0.2) is 46.6 Å². The molecule has 6 heteroatoms. The second-order valence-corrected chi connectivity index (χ2v) is 7.42. The van der Waals surface area contributed by atoms with Gasteiger partial charge < -0.3 is 29.6 Å². The smallest absolute Gasteiger partial charge is 0.204 e. The summed E-state index contributed by atoms with van der Waals surface area (Å²) in [5, 5.41) is 0. The first-order chi connectivity index (χ1) is 14.2. The Morgan fingerprint density at radius 2 is 1.69 bits per heavy atom. The molecule has 0 saturated carbocycles. The van der Waals surface area contributed by atoms with E-state index in [2.05, 4.69) is 24.0 Å². The molecule has 29 heavy (non-hydrogen) atoms. The quantitative estimate of drug-likeness (QED) is 0.844. The molecule has 0 amide bonds. The summed E-state index contributed by atoms with van der Waals surface area (Å²) < 4.78 is 21.7. The van der Waals surface area contributed by atoms with E-state index in [0.29, 0.717) is 30.4 Å². The number of benzene rings is 2. The maximum absolute atomic E-state index is 5.63. The summed E-state index contributed by atoms with van der Waals surface area (Å²) in [6.07, 6.45) is 2.50. The Balaban J connectivity index is 0.000000166. The fourth-order valence-corrected chi connectivity index (χ4v) is 3.53. The molecule has 2 aliphatic heterocycles. The van der Waals surface area contributed by atoms with Crippen molar-refractivity contribution in [3.05, 3.63) is 42.5 Å². The maximum Gasteiger partial charge on any atom is 0.204 e. The van der Waals surface area contributed by atoms with Gasteiger partial charge in [-0.2, -0.15) is 0 Å². The largest absolute Gasteiger partial charge is 0.495 e. The maximum atomic E-state index is 5.63. The summed E-state index contributed by atoms with van der Waals surface area (Å²) in [5.41, 5.74) is 6.75. The molecule has 2 heterocycles. The van der Waals surface area contributed by atoms with Crippen LogP contribution >= 0.6 is 0 Å². The molecule has 4 rings (SSSR count). The van der Waals surface area contributed by atoms with Crippen molar-refractivity contribution < 1.29 is 18.9 Å². The zero-order valence-electron chi connectivity index (χ0n) is 17.6. The number of ether oxygens (including phenoxy) is 4. The number of fused-ring (bicyclic) bond motifs is 1. The van der Waals surface area contributed by atoms with Gasteiger partial charge in [0.1, 0.15) is 18.5 Å². The Bertz CT molecular complexity index is 761. The van der Waals surface area contributed by atoms with E-state index in [1.807, 2.05) is 30.3 Å². The molecule has 2 aliphatic rings. The van der Waals surface area contributed by atoms with Crippen LogP contribution < -0.4 is 29.6 Å². The Morgan fingerprint density at radius 3 is 2.38 bits per heavy atom. The van der Waals surface area contributed by atoms with E-state index in [9.17, 15) is 0 Å². The van der Waals surface area contributed by atoms with Crippen LogP contribution in [0.4, 0.5) is 5.69 Å². The highest BCUT2D eigenvalue weighted by Gasteiger charge is 2.22. The summed E-state index contributed by atoms with van der Waals surface area (Å²) in [7, 11) is 3.34. The van der Waals surface area contributed by atoms with Gasteiger partial charge >= 0.3 is 0 Å². The van der Waals surface area contributed by atoms with Gasteiger partial charge in [0, 0.05) is 19.6 Å². The van der Waals surface area contributed by atoms with E-state index in [0.717, 1.165) is 24.8 Å². The van der Waals surface area contributed by atoms with Crippen LogP contribution in [0.1, 0.15) is 19.8 Å². The predicted molar refractivity (Wildman–Crippen MR) is 116 cm³/mol. The monoisotopic (exact) mass is 400 g/mol. The number of methoxy groups -OCH3 is 2. The molecule has 0 aromatic heterocycles. The molecular weight excluding hydrogens is 368 g/mol. The van der Waals surface area contributed by atoms with E-state index in [1.54, 1.807) is 14.2 Å². The first-order valence-corrected chi connectivity index (χ1v) is 10.2. The van der Waals surface area contributed by atoms with E-state index in [1.165, 1.54) is 18.5 Å². The topological polar surface area (TPSA) is 66.2 Å². The lowest BCUT2D eigenvalue weighted by molar-refractivity contribution is 0.0927. The van der Waals surface area contributed by atoms with Crippen LogP contribution in [-0.2, 0) is 0 Å². The van der Waals surface area contributed by atoms with Crippen molar-refractivity contribution >= 4 is 5.69 Å². The molecule has 0 aliphatic carbocycles. The van der Waals surface area contributed by atoms with Crippen LogP contribution in [0.15, 0.2) is 42.5 Å². The third-order valence-electron chi connectivity index (χ3n) is 5.34. The first-order valence-electron chi connectivity index (χ1n) is 10.2. The van der Waals surface area contributed by atoms with Gasteiger partial charge in [0.15, 0.2) is 11.5 Å². The van der Waals surface area contributed by atoms with Crippen LogP contribution in [0.2, 0.25) is 0 Å². The molecule has 1 fully saturated rings. The highest BCUT2D eigenvalue weighted by Crippen LogP contribution is 2.39. The fraction of sp³-hybridized carbons (Fsp3) is 0.478. The zero-order valence-corrected chi connectivity index (χ0v) is 17.6. The zero-order chi connectivity index (χ0) is 20.6. The molecule has 6 nitrogen and oxygen atoms in total. The van der Waals surface area contributed by atoms with Gasteiger partial charge in [-0.05, 0) is 43.0 Å². The molecule has 2 aromatic carbocycles. The average Bonchev–Trinajstić information content (AvgIpc) is 2.79. The molecule has 2 aromatic rings. The number of anilines is 1. The second kappa shape index (κ2) is 10.3. The highest BCUT2D eigenvalue weighted by atomic mass is 16.6. The van der Waals surface area contributed by atoms with E-state index in [-0.39, 0.29) is 6.10 Å². The van der Waals surface area contributed by atoms with Crippen molar-refractivity contribution in [2.45, 2.75) is 25.9 Å². The lowest BCUT2D eigenvalue weighted by Gasteiger charge is -2.32. The minimum absolute atomic E-state index is 0.0844. The number of para-hydroxylation sites is 3. The lowest BCUT2D eigenvalue weighted by atomic mass is 9.99. The predicted octanol–water partition coefficient (Wildman–Crippen LogP) is 3.73. The Hall–Kier alpha value is -2.60. The third kappa shape index (κ3) is 5.26. The average molecular weight is 401 g/mol. The normalized spacial score (nSPS) is 18.5. The van der Waals surface area contributed by atoms with Gasteiger partial charge in [-0.1, -0.05) is 25.1 Å². The van der Waals surface area contributed by atoms with E-state index in [4.69, 9.17) is 24.7 Å². The summed E-state index contributed by atoms with van der Waals surface area (Å²) in [5.74, 6) is 3.91. The standard InChI is InChI=1S/C13H19NO.C10H13NO3/c1-11-7-9-14(10-8-11)12-5-3-4-6-13(12)15-2;1-12-8-3-2-4-9-10(8)14-7(5-11)6-13-9/h3-6,11H,7-10H2,1-2H3;2-4,7H,5-6,11H2,1H3. The minimum atomic E-state index is -0.0844. The van der Waals surface area contributed by atoms with Crippen molar-refractivity contribution in [2.24, 2.45) is 11.7 Å². The molecule has 0 radical (unpaired) electrons. The van der Waals surface area contributed by atoms with Gasteiger partial charge in [-0.15, -0.1) is 0 Å². The van der Waals surface area contributed by atoms with Gasteiger partial charge in [-0.25, -0.2) is 0 Å². The van der Waals surface area contributed by atoms with Crippen molar-refractivity contribution in [1.82, 2.24) is 0 Å². The van der Waals surface area contributed by atoms with Gasteiger partial charge in [0.05, 0.1) is 19.9 Å². The second-order valence-electron chi connectivity index (χ2n) is 7.42. The lowest BCUT2D eigenvalue weighted by Crippen LogP contribution is -2.35. The van der Waals surface area contributed by atoms with Crippen LogP contribution in [0.3, 0.4) is 0 Å². The summed E-state index contributed by atoms with van der Waals surface area (Å²) in [6, 6.07) is 13.8. The molecule has 1 saturated heterocycles. The number of rotatable bonds is 4. The summed E-state index contributed by atoms with van der Waals surface area (Å²) in [4.78, 5) is 2.43. The number of nitrogens with two attached hydrogens (primary N) is 1. The third-order valence-corrected chi connectivity index (χ3v) is 5.34. The van der Waals surface area contributed by atoms with Crippen LogP contribution in [0.25, 0.3) is 0 Å². The first kappa shape index (κ1) is 21.1. The molecule has 0 spiro atoms.